The largest absolute Gasteiger partial charge is 0.494 e. The van der Waals surface area contributed by atoms with E-state index in [4.69, 9.17) is 9.84 Å². The molecule has 2 aliphatic rings. The van der Waals surface area contributed by atoms with Crippen LogP contribution >= 0.6 is 11.3 Å². The van der Waals surface area contributed by atoms with Crippen LogP contribution in [0.3, 0.4) is 0 Å². The van der Waals surface area contributed by atoms with Crippen molar-refractivity contribution in [3.63, 3.8) is 0 Å². The molecule has 3 heterocycles. The second-order valence-corrected chi connectivity index (χ2v) is 10.6. The van der Waals surface area contributed by atoms with Gasteiger partial charge < -0.3 is 9.64 Å². The molecule has 1 aliphatic heterocycles. The molecule has 190 valence electrons. The number of aromatic nitrogens is 2. The molecule has 1 fully saturated rings. The fourth-order valence-electron chi connectivity index (χ4n) is 5.13. The molecule has 0 saturated heterocycles. The molecule has 1 saturated carbocycles. The maximum Gasteiger partial charge on any atom is 0.264 e. The Kier molecular flexibility index (Phi) is 6.52. The molecule has 0 radical (unpaired) electrons. The predicted octanol–water partition coefficient (Wildman–Crippen LogP) is 5.44. The van der Waals surface area contributed by atoms with Gasteiger partial charge in [0.1, 0.15) is 17.3 Å². The van der Waals surface area contributed by atoms with E-state index in [1.807, 2.05) is 63.5 Å². The highest BCUT2D eigenvalue weighted by molar-refractivity contribution is 7.12. The van der Waals surface area contributed by atoms with E-state index in [1.165, 1.54) is 17.4 Å². The summed E-state index contributed by atoms with van der Waals surface area (Å²) in [6.45, 7) is 2.44. The number of benzene rings is 2. The Hall–Kier alpha value is -3.49. The van der Waals surface area contributed by atoms with Gasteiger partial charge in [0.25, 0.3) is 5.91 Å². The molecule has 8 heteroatoms. The van der Waals surface area contributed by atoms with E-state index in [-0.39, 0.29) is 17.8 Å². The Morgan fingerprint density at radius 2 is 1.95 bits per heavy atom. The van der Waals surface area contributed by atoms with E-state index in [1.54, 1.807) is 13.2 Å². The summed E-state index contributed by atoms with van der Waals surface area (Å²) in [5.74, 6) is 0.638. The first kappa shape index (κ1) is 23.9. The molecular weight excluding hydrogens is 487 g/mol. The normalized spacial score (nSPS) is 15.4. The predicted molar refractivity (Wildman–Crippen MR) is 142 cm³/mol. The highest BCUT2D eigenvalue weighted by Crippen LogP contribution is 2.34. The number of hydrogen-bond acceptors (Lipinski definition) is 5. The van der Waals surface area contributed by atoms with Crippen LogP contribution in [0.1, 0.15) is 45.0 Å². The summed E-state index contributed by atoms with van der Waals surface area (Å²) in [5, 5.41) is 7.03. The van der Waals surface area contributed by atoms with Crippen LogP contribution in [0.25, 0.3) is 5.69 Å². The van der Waals surface area contributed by atoms with E-state index >= 15 is 0 Å². The lowest BCUT2D eigenvalue weighted by molar-refractivity contribution is 0.0731. The van der Waals surface area contributed by atoms with Crippen molar-refractivity contribution >= 4 is 17.2 Å². The second-order valence-electron chi connectivity index (χ2n) is 9.65. The van der Waals surface area contributed by atoms with Gasteiger partial charge in [-0.2, -0.15) is 5.10 Å². The zero-order valence-corrected chi connectivity index (χ0v) is 21.6. The molecule has 6 rings (SSSR count). The standard InChI is InChI=1S/C29H29FN4O2S/c1-36-27-10-5-4-9-26(27)34-25-14-15-32(17-20-7-2-3-8-23(20)30)18-22(25)24(31-34)19-33(21-12-13-21)29(35)28-11-6-16-37-28/h2-11,16,21H,12-15,17-19H2,1H3. The Morgan fingerprint density at radius 3 is 2.70 bits per heavy atom. The molecule has 0 N–H and O–H groups in total. The SMILES string of the molecule is COc1ccccc1-n1nc(CN(C(=O)c2cccs2)C2CC2)c2c1CCN(Cc1ccccc1F)C2. The smallest absolute Gasteiger partial charge is 0.264 e. The first-order chi connectivity index (χ1) is 18.1. The van der Waals surface area contributed by atoms with Gasteiger partial charge in [-0.05, 0) is 42.5 Å². The molecule has 37 heavy (non-hydrogen) atoms. The first-order valence-electron chi connectivity index (χ1n) is 12.7. The molecule has 4 aromatic rings. The average molecular weight is 517 g/mol. The minimum Gasteiger partial charge on any atom is -0.494 e. The van der Waals surface area contributed by atoms with Crippen LogP contribution in [0.2, 0.25) is 0 Å². The Balaban J connectivity index is 1.37. The number of rotatable bonds is 8. The molecule has 0 unspecified atom stereocenters. The molecular formula is C29H29FN4O2S. The first-order valence-corrected chi connectivity index (χ1v) is 13.5. The van der Waals surface area contributed by atoms with Gasteiger partial charge in [-0.15, -0.1) is 11.3 Å². The van der Waals surface area contributed by atoms with Crippen molar-refractivity contribution in [2.45, 2.75) is 44.9 Å². The minimum atomic E-state index is -0.181. The van der Waals surface area contributed by atoms with Crippen molar-refractivity contribution in [2.75, 3.05) is 13.7 Å². The van der Waals surface area contributed by atoms with Crippen molar-refractivity contribution in [1.29, 1.82) is 0 Å². The summed E-state index contributed by atoms with van der Waals surface area (Å²) in [7, 11) is 1.67. The van der Waals surface area contributed by atoms with Crippen LogP contribution in [0.4, 0.5) is 4.39 Å². The number of hydrogen-bond donors (Lipinski definition) is 0. The van der Waals surface area contributed by atoms with Crippen molar-refractivity contribution in [2.24, 2.45) is 0 Å². The third-order valence-electron chi connectivity index (χ3n) is 7.19. The summed E-state index contributed by atoms with van der Waals surface area (Å²) >= 11 is 1.48. The lowest BCUT2D eigenvalue weighted by Crippen LogP contribution is -2.34. The van der Waals surface area contributed by atoms with Gasteiger partial charge in [-0.3, -0.25) is 9.69 Å². The molecule has 1 aliphatic carbocycles. The number of nitrogens with zero attached hydrogens (tertiary/aromatic N) is 4. The van der Waals surface area contributed by atoms with Gasteiger partial charge in [0.05, 0.1) is 29.9 Å². The number of thiophene rings is 1. The van der Waals surface area contributed by atoms with Crippen LogP contribution in [-0.2, 0) is 26.1 Å². The molecule has 1 amide bonds. The van der Waals surface area contributed by atoms with Crippen LogP contribution in [-0.4, -0.2) is 45.2 Å². The summed E-state index contributed by atoms with van der Waals surface area (Å²) in [6.07, 6.45) is 2.81. The number of amides is 1. The summed E-state index contributed by atoms with van der Waals surface area (Å²) < 4.78 is 22.1. The van der Waals surface area contributed by atoms with Crippen LogP contribution in [0.15, 0.2) is 66.0 Å². The highest BCUT2D eigenvalue weighted by atomic mass is 32.1. The van der Waals surface area contributed by atoms with Crippen molar-refractivity contribution in [1.82, 2.24) is 19.6 Å². The molecule has 0 spiro atoms. The fourth-order valence-corrected chi connectivity index (χ4v) is 5.81. The number of methoxy groups -OCH3 is 1. The van der Waals surface area contributed by atoms with Crippen LogP contribution in [0.5, 0.6) is 5.75 Å². The number of carbonyl (C=O) groups is 1. The van der Waals surface area contributed by atoms with Crippen molar-refractivity contribution < 1.29 is 13.9 Å². The number of para-hydroxylation sites is 2. The van der Waals surface area contributed by atoms with Gasteiger partial charge in [-0.1, -0.05) is 36.4 Å². The number of carbonyl (C=O) groups excluding carboxylic acids is 1. The third-order valence-corrected chi connectivity index (χ3v) is 8.04. The summed E-state index contributed by atoms with van der Waals surface area (Å²) in [5.41, 5.74) is 4.73. The topological polar surface area (TPSA) is 50.6 Å². The van der Waals surface area contributed by atoms with E-state index in [9.17, 15) is 9.18 Å². The van der Waals surface area contributed by atoms with Crippen molar-refractivity contribution in [3.8, 4) is 11.4 Å². The molecule has 0 bridgehead atoms. The maximum absolute atomic E-state index is 14.4. The van der Waals surface area contributed by atoms with Crippen LogP contribution < -0.4 is 4.74 Å². The number of ether oxygens (including phenoxy) is 1. The molecule has 2 aromatic carbocycles. The molecule has 2 aromatic heterocycles. The lowest BCUT2D eigenvalue weighted by Gasteiger charge is -2.29. The van der Waals surface area contributed by atoms with Gasteiger partial charge in [0.15, 0.2) is 0 Å². The van der Waals surface area contributed by atoms with E-state index in [0.29, 0.717) is 25.2 Å². The average Bonchev–Trinajstić information content (AvgIpc) is 3.49. The third kappa shape index (κ3) is 4.79. The van der Waals surface area contributed by atoms with Gasteiger partial charge >= 0.3 is 0 Å². The number of fused-ring (bicyclic) bond motifs is 1. The minimum absolute atomic E-state index is 0.0668. The summed E-state index contributed by atoms with van der Waals surface area (Å²) in [4.78, 5) is 18.4. The zero-order chi connectivity index (χ0) is 25.4. The fraction of sp³-hybridized carbons (Fsp3) is 0.310. The summed E-state index contributed by atoms with van der Waals surface area (Å²) in [6, 6.07) is 18.9. The quantitative estimate of drug-likeness (QED) is 0.313. The number of halogens is 1. The Morgan fingerprint density at radius 1 is 1.14 bits per heavy atom. The zero-order valence-electron chi connectivity index (χ0n) is 20.8. The van der Waals surface area contributed by atoms with Crippen LogP contribution in [0, 0.1) is 5.82 Å². The monoisotopic (exact) mass is 516 g/mol. The van der Waals surface area contributed by atoms with E-state index in [0.717, 1.165) is 59.1 Å². The molecule has 6 nitrogen and oxygen atoms in total. The highest BCUT2D eigenvalue weighted by Gasteiger charge is 2.36. The van der Waals surface area contributed by atoms with E-state index in [2.05, 4.69) is 4.90 Å². The Labute approximate surface area is 219 Å². The van der Waals surface area contributed by atoms with Crippen molar-refractivity contribution in [3.05, 3.63) is 99.3 Å². The van der Waals surface area contributed by atoms with Gasteiger partial charge in [-0.25, -0.2) is 9.07 Å². The lowest BCUT2D eigenvalue weighted by atomic mass is 10.0. The second kappa shape index (κ2) is 10.1. The molecule has 0 atom stereocenters. The van der Waals surface area contributed by atoms with E-state index < -0.39 is 0 Å². The van der Waals surface area contributed by atoms with Gasteiger partial charge in [0, 0.05) is 43.2 Å². The maximum atomic E-state index is 14.4. The van der Waals surface area contributed by atoms with Gasteiger partial charge in [0.2, 0.25) is 0 Å². The Bertz CT molecular complexity index is 1410.